The van der Waals surface area contributed by atoms with Crippen LogP contribution in [0.4, 0.5) is 0 Å². The number of aromatic nitrogens is 1. The maximum Gasteiger partial charge on any atom is 1.00 e. The summed E-state index contributed by atoms with van der Waals surface area (Å²) in [4.78, 5) is 26.4. The minimum atomic E-state index is -1.21. The minimum absolute atomic E-state index is 0. The van der Waals surface area contributed by atoms with E-state index in [1.807, 2.05) is 56.3 Å². The van der Waals surface area contributed by atoms with Crippen molar-refractivity contribution in [3.05, 3.63) is 51.8 Å². The molecule has 126 valence electrons. The molecule has 1 aliphatic rings. The van der Waals surface area contributed by atoms with Crippen LogP contribution in [0, 0.1) is 6.92 Å². The van der Waals surface area contributed by atoms with Gasteiger partial charge in [-0.3, -0.25) is 9.36 Å². The topological polar surface area (TPSA) is 65.4 Å². The number of aliphatic carboxylic acids is 1. The average Bonchev–Trinajstić information content (AvgIpc) is 2.97. The summed E-state index contributed by atoms with van der Waals surface area (Å²) in [5.74, 6) is -0.885. The zero-order chi connectivity index (χ0) is 17.4. The zero-order valence-corrected chi connectivity index (χ0v) is 15.7. The number of benzene rings is 1. The SMILES string of the molecule is Cc1c(-c2ccccc2)c2n(c(=O)c1CN(C)C)C(C(=O)[O-])CS2.[Li+]. The number of carboxylic acid groups (broad SMARTS) is 1. The van der Waals surface area contributed by atoms with E-state index in [2.05, 4.69) is 0 Å². The summed E-state index contributed by atoms with van der Waals surface area (Å²) < 4.78 is 1.41. The summed E-state index contributed by atoms with van der Waals surface area (Å²) in [5, 5.41) is 12.2. The van der Waals surface area contributed by atoms with E-state index >= 15 is 0 Å². The van der Waals surface area contributed by atoms with Crippen LogP contribution >= 0.6 is 11.8 Å². The first kappa shape index (κ1) is 19.9. The fourth-order valence-corrected chi connectivity index (χ4v) is 4.47. The Labute approximate surface area is 163 Å². The van der Waals surface area contributed by atoms with Crippen molar-refractivity contribution >= 4 is 17.7 Å². The Morgan fingerprint density at radius 1 is 1.32 bits per heavy atom. The molecule has 2 heterocycles. The molecular formula is C18H19LiN2O3S. The predicted octanol–water partition coefficient (Wildman–Crippen LogP) is -1.71. The summed E-state index contributed by atoms with van der Waals surface area (Å²) >= 11 is 1.41. The van der Waals surface area contributed by atoms with Gasteiger partial charge in [0.2, 0.25) is 0 Å². The number of pyridine rings is 1. The molecule has 3 rings (SSSR count). The number of carbonyl (C=O) groups excluding carboxylic acids is 1. The van der Waals surface area contributed by atoms with Crippen molar-refractivity contribution in [1.82, 2.24) is 9.47 Å². The maximum atomic E-state index is 12.9. The van der Waals surface area contributed by atoms with Crippen LogP contribution in [-0.2, 0) is 11.3 Å². The molecule has 1 atom stereocenters. The van der Waals surface area contributed by atoms with Crippen molar-refractivity contribution in [2.45, 2.75) is 24.5 Å². The van der Waals surface area contributed by atoms with E-state index in [-0.39, 0.29) is 24.4 Å². The predicted molar refractivity (Wildman–Crippen MR) is 93.0 cm³/mol. The Balaban J connectivity index is 0.00000225. The number of hydrogen-bond acceptors (Lipinski definition) is 5. The van der Waals surface area contributed by atoms with Crippen LogP contribution in [0.15, 0.2) is 40.2 Å². The van der Waals surface area contributed by atoms with Gasteiger partial charge in [-0.1, -0.05) is 30.3 Å². The second-order valence-corrected chi connectivity index (χ2v) is 7.22. The number of rotatable bonds is 4. The van der Waals surface area contributed by atoms with Gasteiger partial charge < -0.3 is 14.8 Å². The third-order valence-electron chi connectivity index (χ3n) is 4.24. The summed E-state index contributed by atoms with van der Waals surface area (Å²) in [7, 11) is 3.79. The molecule has 5 nitrogen and oxygen atoms in total. The molecule has 25 heavy (non-hydrogen) atoms. The van der Waals surface area contributed by atoms with E-state index in [0.29, 0.717) is 17.9 Å². The second kappa shape index (κ2) is 7.84. The first-order valence-corrected chi connectivity index (χ1v) is 8.72. The normalized spacial score (nSPS) is 15.8. The first-order chi connectivity index (χ1) is 11.4. The molecular weight excluding hydrogens is 331 g/mol. The molecule has 1 aromatic heterocycles. The molecule has 7 heteroatoms. The Morgan fingerprint density at radius 3 is 2.52 bits per heavy atom. The average molecular weight is 350 g/mol. The summed E-state index contributed by atoms with van der Waals surface area (Å²) in [6.07, 6.45) is 0. The van der Waals surface area contributed by atoms with Crippen molar-refractivity contribution in [3.63, 3.8) is 0 Å². The molecule has 0 bridgehead atoms. The number of thioether (sulfide) groups is 1. The Hall–Kier alpha value is -1.45. The largest absolute Gasteiger partial charge is 1.00 e. The summed E-state index contributed by atoms with van der Waals surface area (Å²) in [6, 6.07) is 8.88. The van der Waals surface area contributed by atoms with Gasteiger partial charge in [0.1, 0.15) is 0 Å². The van der Waals surface area contributed by atoms with Crippen LogP contribution in [0.25, 0.3) is 11.1 Å². The molecule has 0 saturated heterocycles. The van der Waals surface area contributed by atoms with Crippen molar-refractivity contribution < 1.29 is 28.8 Å². The third-order valence-corrected chi connectivity index (χ3v) is 5.39. The number of nitrogens with zero attached hydrogens (tertiary/aromatic N) is 2. The number of carbonyl (C=O) groups is 1. The van der Waals surface area contributed by atoms with Crippen LogP contribution in [0.1, 0.15) is 17.2 Å². The minimum Gasteiger partial charge on any atom is -0.548 e. The van der Waals surface area contributed by atoms with E-state index < -0.39 is 12.0 Å². The molecule has 0 fully saturated rings. The van der Waals surface area contributed by atoms with Crippen LogP contribution in [0.5, 0.6) is 0 Å². The Bertz CT molecular complexity index is 850. The van der Waals surface area contributed by atoms with Gasteiger partial charge in [0, 0.05) is 23.4 Å². The summed E-state index contributed by atoms with van der Waals surface area (Å²) in [5.41, 5.74) is 3.26. The Morgan fingerprint density at radius 2 is 1.96 bits per heavy atom. The van der Waals surface area contributed by atoms with Crippen LogP contribution < -0.4 is 29.5 Å². The number of fused-ring (bicyclic) bond motifs is 1. The zero-order valence-electron chi connectivity index (χ0n) is 14.9. The Kier molecular flexibility index (Phi) is 6.23. The molecule has 0 spiro atoms. The standard InChI is InChI=1S/C18H20N2O3S.Li/c1-11-13(9-19(2)3)16(21)20-14(18(22)23)10-24-17(20)15(11)12-7-5-4-6-8-12;/h4-8,14H,9-10H2,1-3H3,(H,22,23);/q;+1/p-1. The van der Waals surface area contributed by atoms with Crippen molar-refractivity contribution in [2.24, 2.45) is 0 Å². The van der Waals surface area contributed by atoms with Crippen LogP contribution in [0.2, 0.25) is 0 Å². The van der Waals surface area contributed by atoms with Crippen molar-refractivity contribution in [1.29, 1.82) is 0 Å². The molecule has 1 aliphatic heterocycles. The molecule has 0 saturated carbocycles. The quantitative estimate of drug-likeness (QED) is 0.614. The monoisotopic (exact) mass is 350 g/mol. The fourth-order valence-electron chi connectivity index (χ4n) is 3.11. The molecule has 1 aromatic carbocycles. The molecule has 1 unspecified atom stereocenters. The molecule has 0 amide bonds. The molecule has 0 aliphatic carbocycles. The van der Waals surface area contributed by atoms with Crippen molar-refractivity contribution in [3.8, 4) is 11.1 Å². The van der Waals surface area contributed by atoms with E-state index in [9.17, 15) is 14.7 Å². The molecule has 0 N–H and O–H groups in total. The van der Waals surface area contributed by atoms with E-state index in [4.69, 9.17) is 0 Å². The van der Waals surface area contributed by atoms with E-state index in [1.165, 1.54) is 16.3 Å². The van der Waals surface area contributed by atoms with Gasteiger partial charge in [-0.2, -0.15) is 0 Å². The molecule has 2 aromatic rings. The maximum absolute atomic E-state index is 12.9. The van der Waals surface area contributed by atoms with E-state index in [1.54, 1.807) is 0 Å². The van der Waals surface area contributed by atoms with Gasteiger partial charge in [0.15, 0.2) is 0 Å². The van der Waals surface area contributed by atoms with Crippen LogP contribution in [0.3, 0.4) is 0 Å². The van der Waals surface area contributed by atoms with Gasteiger partial charge >= 0.3 is 18.9 Å². The van der Waals surface area contributed by atoms with Gasteiger partial charge in [-0.25, -0.2) is 0 Å². The van der Waals surface area contributed by atoms with Gasteiger partial charge in [0.05, 0.1) is 17.0 Å². The van der Waals surface area contributed by atoms with Crippen LogP contribution in [-0.4, -0.2) is 35.3 Å². The first-order valence-electron chi connectivity index (χ1n) is 7.73. The van der Waals surface area contributed by atoms with E-state index in [0.717, 1.165) is 21.7 Å². The van der Waals surface area contributed by atoms with Gasteiger partial charge in [-0.15, -0.1) is 11.8 Å². The third kappa shape index (κ3) is 3.58. The summed E-state index contributed by atoms with van der Waals surface area (Å²) in [6.45, 7) is 2.41. The number of hydrogen-bond donors (Lipinski definition) is 0. The fraction of sp³-hybridized carbons (Fsp3) is 0.333. The smallest absolute Gasteiger partial charge is 0.548 e. The van der Waals surface area contributed by atoms with Gasteiger partial charge in [0.25, 0.3) is 5.56 Å². The van der Waals surface area contributed by atoms with Crippen molar-refractivity contribution in [2.75, 3.05) is 19.8 Å². The number of carboxylic acids is 1. The molecule has 0 radical (unpaired) electrons. The second-order valence-electron chi connectivity index (χ2n) is 6.21. The van der Waals surface area contributed by atoms with Gasteiger partial charge in [-0.05, 0) is 32.1 Å².